The SMILES string of the molecule is O=C1C=Cc2nc(CCNC(=O)c3ccccc3)sc2C1. The molecule has 106 valence electrons. The number of hydrogen-bond acceptors (Lipinski definition) is 4. The molecular weight excluding hydrogens is 284 g/mol. The summed E-state index contributed by atoms with van der Waals surface area (Å²) in [6, 6.07) is 9.13. The minimum Gasteiger partial charge on any atom is -0.352 e. The normalized spacial score (nSPS) is 13.0. The van der Waals surface area contributed by atoms with E-state index in [4.69, 9.17) is 0 Å². The van der Waals surface area contributed by atoms with Gasteiger partial charge < -0.3 is 5.32 Å². The molecule has 0 bridgehead atoms. The highest BCUT2D eigenvalue weighted by atomic mass is 32.1. The van der Waals surface area contributed by atoms with E-state index in [0.717, 1.165) is 15.6 Å². The van der Waals surface area contributed by atoms with Crippen LogP contribution in [0.3, 0.4) is 0 Å². The molecule has 0 saturated carbocycles. The Labute approximate surface area is 126 Å². The van der Waals surface area contributed by atoms with Gasteiger partial charge in [-0.25, -0.2) is 4.98 Å². The van der Waals surface area contributed by atoms with Crippen LogP contribution >= 0.6 is 11.3 Å². The van der Waals surface area contributed by atoms with Crippen LogP contribution in [0.15, 0.2) is 36.4 Å². The van der Waals surface area contributed by atoms with E-state index in [0.29, 0.717) is 24.9 Å². The number of nitrogens with zero attached hydrogens (tertiary/aromatic N) is 1. The molecule has 4 nitrogen and oxygen atoms in total. The number of fused-ring (bicyclic) bond motifs is 1. The molecule has 1 amide bonds. The van der Waals surface area contributed by atoms with Gasteiger partial charge in [0.25, 0.3) is 5.91 Å². The van der Waals surface area contributed by atoms with Gasteiger partial charge >= 0.3 is 0 Å². The summed E-state index contributed by atoms with van der Waals surface area (Å²) in [5.41, 5.74) is 1.55. The van der Waals surface area contributed by atoms with Gasteiger partial charge in [-0.2, -0.15) is 0 Å². The van der Waals surface area contributed by atoms with Crippen LogP contribution in [0.5, 0.6) is 0 Å². The Morgan fingerprint density at radius 2 is 2.05 bits per heavy atom. The number of allylic oxidation sites excluding steroid dienone is 1. The molecule has 5 heteroatoms. The highest BCUT2D eigenvalue weighted by molar-refractivity contribution is 7.12. The fraction of sp³-hybridized carbons (Fsp3) is 0.188. The molecule has 3 rings (SSSR count). The van der Waals surface area contributed by atoms with Crippen LogP contribution < -0.4 is 5.32 Å². The molecule has 2 aromatic rings. The number of benzene rings is 1. The van der Waals surface area contributed by atoms with Gasteiger partial charge in [-0.15, -0.1) is 11.3 Å². The second-order valence-electron chi connectivity index (χ2n) is 4.76. The van der Waals surface area contributed by atoms with E-state index < -0.39 is 0 Å². The minimum absolute atomic E-state index is 0.0769. The van der Waals surface area contributed by atoms with Gasteiger partial charge in [0, 0.05) is 29.8 Å². The van der Waals surface area contributed by atoms with Crippen molar-refractivity contribution in [3.63, 3.8) is 0 Å². The summed E-state index contributed by atoms with van der Waals surface area (Å²) in [6.45, 7) is 0.539. The smallest absolute Gasteiger partial charge is 0.251 e. The molecule has 1 heterocycles. The molecule has 0 saturated heterocycles. The molecule has 1 aliphatic carbocycles. The number of rotatable bonds is 4. The summed E-state index contributed by atoms with van der Waals surface area (Å²) in [7, 11) is 0. The largest absolute Gasteiger partial charge is 0.352 e. The molecule has 1 aromatic carbocycles. The Morgan fingerprint density at radius 3 is 2.86 bits per heavy atom. The minimum atomic E-state index is -0.0769. The van der Waals surface area contributed by atoms with Crippen molar-refractivity contribution in [2.75, 3.05) is 6.54 Å². The number of amides is 1. The molecule has 0 spiro atoms. The zero-order valence-corrected chi connectivity index (χ0v) is 12.2. The van der Waals surface area contributed by atoms with Crippen LogP contribution in [0.2, 0.25) is 0 Å². The van der Waals surface area contributed by atoms with Crippen LogP contribution in [-0.2, 0) is 17.6 Å². The monoisotopic (exact) mass is 298 g/mol. The van der Waals surface area contributed by atoms with Gasteiger partial charge in [-0.3, -0.25) is 9.59 Å². The van der Waals surface area contributed by atoms with Gasteiger partial charge in [-0.05, 0) is 24.3 Å². The fourth-order valence-corrected chi connectivity index (χ4v) is 3.21. The van der Waals surface area contributed by atoms with Crippen LogP contribution in [0, 0.1) is 0 Å². The zero-order valence-electron chi connectivity index (χ0n) is 11.3. The molecule has 1 aliphatic rings. The van der Waals surface area contributed by atoms with E-state index >= 15 is 0 Å². The summed E-state index contributed by atoms with van der Waals surface area (Å²) in [4.78, 5) is 28.7. The summed E-state index contributed by atoms with van der Waals surface area (Å²) in [5, 5.41) is 3.83. The lowest BCUT2D eigenvalue weighted by Gasteiger charge is -2.03. The van der Waals surface area contributed by atoms with Crippen molar-refractivity contribution in [3.05, 3.63) is 57.6 Å². The average Bonchev–Trinajstić information content (AvgIpc) is 2.89. The summed E-state index contributed by atoms with van der Waals surface area (Å²) >= 11 is 1.55. The summed E-state index contributed by atoms with van der Waals surface area (Å²) in [5.74, 6) is 0.0436. The number of carbonyl (C=O) groups excluding carboxylic acids is 2. The third-order valence-corrected chi connectivity index (χ3v) is 4.33. The molecule has 0 atom stereocenters. The van der Waals surface area contributed by atoms with Crippen molar-refractivity contribution in [1.29, 1.82) is 0 Å². The Morgan fingerprint density at radius 1 is 1.24 bits per heavy atom. The van der Waals surface area contributed by atoms with Crippen molar-refractivity contribution >= 4 is 29.1 Å². The number of nitrogens with one attached hydrogen (secondary N) is 1. The molecule has 21 heavy (non-hydrogen) atoms. The molecule has 0 unspecified atom stereocenters. The van der Waals surface area contributed by atoms with Crippen LogP contribution in [-0.4, -0.2) is 23.2 Å². The van der Waals surface area contributed by atoms with Crippen LogP contribution in [0.4, 0.5) is 0 Å². The fourth-order valence-electron chi connectivity index (χ4n) is 2.14. The van der Waals surface area contributed by atoms with E-state index in [1.165, 1.54) is 0 Å². The highest BCUT2D eigenvalue weighted by Crippen LogP contribution is 2.24. The standard InChI is InChI=1S/C16H14N2O2S/c19-12-6-7-13-14(10-12)21-15(18-13)8-9-17-16(20)11-4-2-1-3-5-11/h1-7H,8-10H2,(H,17,20). The van der Waals surface area contributed by atoms with Crippen molar-refractivity contribution in [1.82, 2.24) is 10.3 Å². The number of thiazole rings is 1. The predicted molar refractivity (Wildman–Crippen MR) is 82.3 cm³/mol. The van der Waals surface area contributed by atoms with Crippen molar-refractivity contribution in [3.8, 4) is 0 Å². The Bertz CT molecular complexity index is 704. The van der Waals surface area contributed by atoms with E-state index in [-0.39, 0.29) is 11.7 Å². The second-order valence-corrected chi connectivity index (χ2v) is 5.93. The van der Waals surface area contributed by atoms with Crippen LogP contribution in [0.25, 0.3) is 6.08 Å². The predicted octanol–water partition coefficient (Wildman–Crippen LogP) is 2.25. The zero-order chi connectivity index (χ0) is 14.7. The van der Waals surface area contributed by atoms with E-state index in [1.807, 2.05) is 18.2 Å². The number of hydrogen-bond donors (Lipinski definition) is 1. The first kappa shape index (κ1) is 13.7. The van der Waals surface area contributed by atoms with Gasteiger partial charge in [0.1, 0.15) is 0 Å². The Hall–Kier alpha value is -2.27. The van der Waals surface area contributed by atoms with E-state index in [1.54, 1.807) is 35.6 Å². The van der Waals surface area contributed by atoms with E-state index in [9.17, 15) is 9.59 Å². The van der Waals surface area contributed by atoms with Crippen molar-refractivity contribution in [2.24, 2.45) is 0 Å². The number of carbonyl (C=O) groups is 2. The third kappa shape index (κ3) is 3.25. The lowest BCUT2D eigenvalue weighted by molar-refractivity contribution is -0.114. The lowest BCUT2D eigenvalue weighted by atomic mass is 10.1. The summed E-state index contributed by atoms with van der Waals surface area (Å²) < 4.78 is 0. The Kier molecular flexibility index (Phi) is 3.92. The molecule has 0 fully saturated rings. The Balaban J connectivity index is 1.56. The molecular formula is C16H14N2O2S. The van der Waals surface area contributed by atoms with Gasteiger partial charge in [0.15, 0.2) is 5.78 Å². The maximum absolute atomic E-state index is 11.9. The third-order valence-electron chi connectivity index (χ3n) is 3.19. The quantitative estimate of drug-likeness (QED) is 0.942. The first-order valence-electron chi connectivity index (χ1n) is 6.75. The number of ketones is 1. The second kappa shape index (κ2) is 6.01. The lowest BCUT2D eigenvalue weighted by Crippen LogP contribution is -2.25. The average molecular weight is 298 g/mol. The molecule has 1 aromatic heterocycles. The first-order chi connectivity index (χ1) is 10.2. The number of aromatic nitrogens is 1. The summed E-state index contributed by atoms with van der Waals surface area (Å²) in [6.07, 6.45) is 4.46. The maximum atomic E-state index is 11.9. The van der Waals surface area contributed by atoms with Crippen LogP contribution in [0.1, 0.15) is 25.9 Å². The van der Waals surface area contributed by atoms with Gasteiger partial charge in [0.05, 0.1) is 10.7 Å². The topological polar surface area (TPSA) is 59.1 Å². The van der Waals surface area contributed by atoms with E-state index in [2.05, 4.69) is 10.3 Å². The maximum Gasteiger partial charge on any atom is 0.251 e. The van der Waals surface area contributed by atoms with Crippen molar-refractivity contribution < 1.29 is 9.59 Å². The highest BCUT2D eigenvalue weighted by Gasteiger charge is 2.15. The molecule has 0 aliphatic heterocycles. The molecule has 0 radical (unpaired) electrons. The first-order valence-corrected chi connectivity index (χ1v) is 7.57. The van der Waals surface area contributed by atoms with Crippen molar-refractivity contribution in [2.45, 2.75) is 12.8 Å². The van der Waals surface area contributed by atoms with Gasteiger partial charge in [-0.1, -0.05) is 18.2 Å². The molecule has 1 N–H and O–H groups in total. The van der Waals surface area contributed by atoms with Gasteiger partial charge in [0.2, 0.25) is 0 Å².